The molecule has 38 heavy (non-hydrogen) atoms. The van der Waals surface area contributed by atoms with Crippen LogP contribution in [-0.4, -0.2) is 45.0 Å². The summed E-state index contributed by atoms with van der Waals surface area (Å²) in [5.41, 5.74) is 5.71. The van der Waals surface area contributed by atoms with Gasteiger partial charge in [0.2, 0.25) is 0 Å². The summed E-state index contributed by atoms with van der Waals surface area (Å²) in [6.07, 6.45) is 2.11. The molecule has 0 bridgehead atoms. The zero-order valence-corrected chi connectivity index (χ0v) is 21.6. The lowest BCUT2D eigenvalue weighted by Crippen LogP contribution is -2.39. The standard InChI is InChI=1S/C30H29FN4O3/c1-4-20-14-27(29(36)34-12-11-18-7-5-6-8-21(18)17(34)2)32-28-16-26(33-35(20)28)22-10-9-19(13-25(22)31)23-15-24(23)30(37)38-3/h5-10,13-14,16-17,23-24H,4,11-12,15H2,1-3H3/t17-,23?,24-/m1/s1. The Morgan fingerprint density at radius 3 is 2.71 bits per heavy atom. The average molecular weight is 513 g/mol. The Morgan fingerprint density at radius 1 is 1.13 bits per heavy atom. The van der Waals surface area contributed by atoms with Gasteiger partial charge in [-0.25, -0.2) is 13.9 Å². The van der Waals surface area contributed by atoms with Gasteiger partial charge >= 0.3 is 5.97 Å². The predicted molar refractivity (Wildman–Crippen MR) is 140 cm³/mol. The van der Waals surface area contributed by atoms with Crippen molar-refractivity contribution >= 4 is 17.5 Å². The third-order valence-corrected chi connectivity index (χ3v) is 7.93. The fraction of sp³-hybridized carbons (Fsp3) is 0.333. The molecule has 4 aromatic rings. The summed E-state index contributed by atoms with van der Waals surface area (Å²) in [4.78, 5) is 31.9. The van der Waals surface area contributed by atoms with Crippen LogP contribution in [0.2, 0.25) is 0 Å². The molecule has 1 fully saturated rings. The van der Waals surface area contributed by atoms with Crippen molar-refractivity contribution in [1.29, 1.82) is 0 Å². The molecule has 0 radical (unpaired) electrons. The quantitative estimate of drug-likeness (QED) is 0.347. The zero-order valence-electron chi connectivity index (χ0n) is 21.6. The van der Waals surface area contributed by atoms with Gasteiger partial charge in [0.25, 0.3) is 5.91 Å². The van der Waals surface area contributed by atoms with Crippen molar-refractivity contribution in [3.05, 3.63) is 88.5 Å². The van der Waals surface area contributed by atoms with Crippen LogP contribution in [-0.2, 0) is 22.4 Å². The molecule has 2 aliphatic rings. The van der Waals surface area contributed by atoms with E-state index in [1.807, 2.05) is 36.9 Å². The molecule has 1 unspecified atom stereocenters. The Kier molecular flexibility index (Phi) is 5.97. The van der Waals surface area contributed by atoms with Crippen LogP contribution in [0.1, 0.15) is 65.1 Å². The average Bonchev–Trinajstić information content (AvgIpc) is 3.63. The molecule has 2 aromatic carbocycles. The lowest BCUT2D eigenvalue weighted by molar-refractivity contribution is -0.142. The lowest BCUT2D eigenvalue weighted by Gasteiger charge is -2.35. The molecule has 0 spiro atoms. The molecule has 7 nitrogen and oxygen atoms in total. The Labute approximate surface area is 220 Å². The first-order valence-corrected chi connectivity index (χ1v) is 13.1. The van der Waals surface area contributed by atoms with Crippen LogP contribution in [0.15, 0.2) is 54.6 Å². The van der Waals surface area contributed by atoms with E-state index in [4.69, 9.17) is 4.74 Å². The smallest absolute Gasteiger partial charge is 0.309 e. The normalized spacial score (nSPS) is 20.3. The molecule has 1 saturated carbocycles. The molecule has 194 valence electrons. The minimum absolute atomic E-state index is 0.0156. The SMILES string of the molecule is CCc1cc(C(=O)N2CCc3ccccc3[C@H]2C)nc2cc(-c3ccc(C4C[C@H]4C(=O)OC)cc3F)nn12. The molecule has 0 saturated heterocycles. The van der Waals surface area contributed by atoms with Crippen LogP contribution in [0, 0.1) is 11.7 Å². The van der Waals surface area contributed by atoms with Gasteiger partial charge in [-0.3, -0.25) is 9.59 Å². The number of benzene rings is 2. The van der Waals surface area contributed by atoms with Crippen molar-refractivity contribution in [1.82, 2.24) is 19.5 Å². The van der Waals surface area contributed by atoms with Gasteiger partial charge in [-0.2, -0.15) is 5.10 Å². The molecule has 1 aliphatic heterocycles. The molecular weight excluding hydrogens is 483 g/mol. The maximum Gasteiger partial charge on any atom is 0.309 e. The van der Waals surface area contributed by atoms with E-state index in [-0.39, 0.29) is 29.8 Å². The van der Waals surface area contributed by atoms with Crippen LogP contribution in [0.3, 0.4) is 0 Å². The van der Waals surface area contributed by atoms with Crippen LogP contribution in [0.4, 0.5) is 4.39 Å². The Balaban J connectivity index is 1.31. The number of aryl methyl sites for hydroxylation is 1. The minimum atomic E-state index is -0.406. The topological polar surface area (TPSA) is 76.8 Å². The Hall–Kier alpha value is -4.07. The first kappa shape index (κ1) is 24.3. The van der Waals surface area contributed by atoms with Crippen LogP contribution in [0.25, 0.3) is 16.9 Å². The number of carbonyl (C=O) groups is 2. The Bertz CT molecular complexity index is 1580. The maximum absolute atomic E-state index is 15.2. The molecule has 2 aromatic heterocycles. The van der Waals surface area contributed by atoms with Crippen molar-refractivity contribution in [2.24, 2.45) is 5.92 Å². The number of ether oxygens (including phenoxy) is 1. The number of fused-ring (bicyclic) bond motifs is 2. The molecule has 3 heterocycles. The third-order valence-electron chi connectivity index (χ3n) is 7.93. The second-order valence-electron chi connectivity index (χ2n) is 10.1. The molecular formula is C30H29FN4O3. The predicted octanol–water partition coefficient (Wildman–Crippen LogP) is 5.13. The summed E-state index contributed by atoms with van der Waals surface area (Å²) in [5, 5.41) is 4.63. The number of hydrogen-bond donors (Lipinski definition) is 0. The first-order chi connectivity index (χ1) is 18.4. The minimum Gasteiger partial charge on any atom is -0.469 e. The second kappa shape index (κ2) is 9.35. The maximum atomic E-state index is 15.2. The number of amides is 1. The molecule has 6 rings (SSSR count). The van der Waals surface area contributed by atoms with E-state index in [0.29, 0.717) is 42.0 Å². The highest BCUT2D eigenvalue weighted by Crippen LogP contribution is 2.48. The van der Waals surface area contributed by atoms with Gasteiger partial charge in [-0.1, -0.05) is 37.3 Å². The highest BCUT2D eigenvalue weighted by Gasteiger charge is 2.45. The molecule has 1 aliphatic carbocycles. The van der Waals surface area contributed by atoms with Crippen LogP contribution >= 0.6 is 0 Å². The van der Waals surface area contributed by atoms with E-state index in [0.717, 1.165) is 17.7 Å². The van der Waals surface area contributed by atoms with Gasteiger partial charge in [0.05, 0.1) is 24.8 Å². The number of halogens is 1. The van der Waals surface area contributed by atoms with Gasteiger partial charge in [-0.05, 0) is 67.0 Å². The second-order valence-corrected chi connectivity index (χ2v) is 10.1. The van der Waals surface area contributed by atoms with E-state index in [1.54, 1.807) is 22.7 Å². The molecule has 8 heteroatoms. The van der Waals surface area contributed by atoms with Crippen molar-refractivity contribution in [2.45, 2.75) is 45.1 Å². The van der Waals surface area contributed by atoms with Crippen molar-refractivity contribution < 1.29 is 18.7 Å². The first-order valence-electron chi connectivity index (χ1n) is 13.1. The lowest BCUT2D eigenvalue weighted by atomic mass is 9.93. The van der Waals surface area contributed by atoms with E-state index < -0.39 is 5.82 Å². The van der Waals surface area contributed by atoms with E-state index in [2.05, 4.69) is 22.2 Å². The highest BCUT2D eigenvalue weighted by molar-refractivity contribution is 5.93. The van der Waals surface area contributed by atoms with E-state index >= 15 is 4.39 Å². The largest absolute Gasteiger partial charge is 0.469 e. The summed E-state index contributed by atoms with van der Waals surface area (Å²) in [5.74, 6) is -1.00. The van der Waals surface area contributed by atoms with E-state index in [1.165, 1.54) is 24.3 Å². The molecule has 0 N–H and O–H groups in total. The molecule has 1 amide bonds. The molecule has 3 atom stereocenters. The number of hydrogen-bond acceptors (Lipinski definition) is 5. The summed E-state index contributed by atoms with van der Waals surface area (Å²) in [6.45, 7) is 4.67. The van der Waals surface area contributed by atoms with Crippen molar-refractivity contribution in [2.75, 3.05) is 13.7 Å². The van der Waals surface area contributed by atoms with Crippen LogP contribution < -0.4 is 0 Å². The van der Waals surface area contributed by atoms with E-state index in [9.17, 15) is 9.59 Å². The monoisotopic (exact) mass is 512 g/mol. The van der Waals surface area contributed by atoms with Gasteiger partial charge in [0, 0.05) is 23.9 Å². The summed E-state index contributed by atoms with van der Waals surface area (Å²) in [6, 6.07) is 16.7. The summed E-state index contributed by atoms with van der Waals surface area (Å²) in [7, 11) is 1.37. The fourth-order valence-electron chi connectivity index (χ4n) is 5.67. The zero-order chi connectivity index (χ0) is 26.6. The van der Waals surface area contributed by atoms with Crippen molar-refractivity contribution in [3.8, 4) is 11.3 Å². The van der Waals surface area contributed by atoms with Crippen molar-refractivity contribution in [3.63, 3.8) is 0 Å². The van der Waals surface area contributed by atoms with Gasteiger partial charge in [0.1, 0.15) is 11.5 Å². The fourth-order valence-corrected chi connectivity index (χ4v) is 5.67. The number of rotatable bonds is 5. The number of nitrogens with zero attached hydrogens (tertiary/aromatic N) is 4. The Morgan fingerprint density at radius 2 is 1.95 bits per heavy atom. The van der Waals surface area contributed by atoms with Gasteiger partial charge < -0.3 is 9.64 Å². The number of carbonyl (C=O) groups excluding carboxylic acids is 2. The summed E-state index contributed by atoms with van der Waals surface area (Å²) < 4.78 is 21.7. The third kappa shape index (κ3) is 4.04. The highest BCUT2D eigenvalue weighted by atomic mass is 19.1. The van der Waals surface area contributed by atoms with Gasteiger partial charge in [0.15, 0.2) is 5.65 Å². The number of esters is 1. The van der Waals surface area contributed by atoms with Crippen LogP contribution in [0.5, 0.6) is 0 Å². The van der Waals surface area contributed by atoms with Gasteiger partial charge in [-0.15, -0.1) is 0 Å². The number of methoxy groups -OCH3 is 1. The summed E-state index contributed by atoms with van der Waals surface area (Å²) >= 11 is 0. The number of aromatic nitrogens is 3.